The monoisotopic (exact) mass is 332 g/mol. The summed E-state index contributed by atoms with van der Waals surface area (Å²) in [4.78, 5) is 10.7. The summed E-state index contributed by atoms with van der Waals surface area (Å²) in [5, 5.41) is 8.65. The molecule has 0 radical (unpaired) electrons. The van der Waals surface area contributed by atoms with Crippen LogP contribution in [0.4, 0.5) is 13.2 Å². The van der Waals surface area contributed by atoms with Crippen LogP contribution in [0.5, 0.6) is 0 Å². The third-order valence-corrected chi connectivity index (χ3v) is 5.02. The first-order valence-electron chi connectivity index (χ1n) is 6.45. The van der Waals surface area contributed by atoms with Gasteiger partial charge in [-0.15, -0.1) is 0 Å². The quantitative estimate of drug-likeness (QED) is 0.819. The van der Waals surface area contributed by atoms with Crippen molar-refractivity contribution in [3.8, 4) is 0 Å². The molecule has 0 amide bonds. The summed E-state index contributed by atoms with van der Waals surface area (Å²) in [5.41, 5.74) is 0. The van der Waals surface area contributed by atoms with Gasteiger partial charge >= 0.3 is 12.1 Å². The maximum atomic E-state index is 12.5. The van der Waals surface area contributed by atoms with Crippen LogP contribution in [-0.2, 0) is 15.0 Å². The lowest BCUT2D eigenvalue weighted by Gasteiger charge is -2.36. The molecule has 0 saturated carbocycles. The molecule has 1 N–H and O–H groups in total. The predicted octanol–water partition coefficient (Wildman–Crippen LogP) is 1.16. The Morgan fingerprint density at radius 2 is 1.76 bits per heavy atom. The Hall–Kier alpha value is -0.870. The van der Waals surface area contributed by atoms with Gasteiger partial charge in [0.25, 0.3) is 10.2 Å². The summed E-state index contributed by atoms with van der Waals surface area (Å²) >= 11 is 0. The smallest absolute Gasteiger partial charge is 0.402 e. The highest BCUT2D eigenvalue weighted by Crippen LogP contribution is 2.26. The molecule has 1 heterocycles. The first-order valence-corrected chi connectivity index (χ1v) is 7.85. The highest BCUT2D eigenvalue weighted by molar-refractivity contribution is 7.86. The topological polar surface area (TPSA) is 77.9 Å². The SMILES string of the molecule is CC1CC(C)CN(S(=O)(=O)N(CC(=O)O)CC(F)(F)F)C1. The molecule has 0 aromatic carbocycles. The molecule has 6 nitrogen and oxygen atoms in total. The molecule has 1 saturated heterocycles. The first-order chi connectivity index (χ1) is 9.41. The average molecular weight is 332 g/mol. The van der Waals surface area contributed by atoms with Crippen LogP contribution >= 0.6 is 0 Å². The summed E-state index contributed by atoms with van der Waals surface area (Å²) in [6.07, 6.45) is -4.01. The fraction of sp³-hybridized carbons (Fsp3) is 0.909. The molecule has 124 valence electrons. The number of carbonyl (C=O) groups is 1. The molecule has 1 aliphatic rings. The van der Waals surface area contributed by atoms with Crippen LogP contribution in [0.15, 0.2) is 0 Å². The van der Waals surface area contributed by atoms with Gasteiger partial charge in [-0.25, -0.2) is 0 Å². The van der Waals surface area contributed by atoms with Gasteiger partial charge in [0.15, 0.2) is 0 Å². The molecule has 2 atom stereocenters. The lowest BCUT2D eigenvalue weighted by atomic mass is 9.94. The van der Waals surface area contributed by atoms with Crippen molar-refractivity contribution < 1.29 is 31.5 Å². The van der Waals surface area contributed by atoms with Crippen LogP contribution in [-0.4, -0.2) is 60.5 Å². The zero-order chi connectivity index (χ0) is 16.4. The van der Waals surface area contributed by atoms with Gasteiger partial charge in [-0.1, -0.05) is 13.8 Å². The maximum absolute atomic E-state index is 12.5. The average Bonchev–Trinajstić information content (AvgIpc) is 2.24. The second-order valence-corrected chi connectivity index (χ2v) is 7.48. The number of piperidine rings is 1. The van der Waals surface area contributed by atoms with Gasteiger partial charge in [-0.05, 0) is 18.3 Å². The zero-order valence-electron chi connectivity index (χ0n) is 11.8. The highest BCUT2D eigenvalue weighted by atomic mass is 32.2. The van der Waals surface area contributed by atoms with Crippen LogP contribution < -0.4 is 0 Å². The van der Waals surface area contributed by atoms with E-state index in [-0.39, 0.29) is 29.2 Å². The number of rotatable bonds is 5. The minimum absolute atomic E-state index is 0.0149. The summed E-state index contributed by atoms with van der Waals surface area (Å²) in [5.74, 6) is -1.59. The van der Waals surface area contributed by atoms with Crippen molar-refractivity contribution in [2.75, 3.05) is 26.2 Å². The van der Waals surface area contributed by atoms with Crippen LogP contribution in [0.25, 0.3) is 0 Å². The maximum Gasteiger partial charge on any atom is 0.402 e. The number of aliphatic carboxylic acids is 1. The number of carboxylic acid groups (broad SMARTS) is 1. The van der Waals surface area contributed by atoms with Gasteiger partial charge in [0.2, 0.25) is 0 Å². The largest absolute Gasteiger partial charge is 0.480 e. The molecule has 21 heavy (non-hydrogen) atoms. The molecule has 0 aromatic heterocycles. The minimum atomic E-state index is -4.80. The molecule has 1 fully saturated rings. The molecule has 2 unspecified atom stereocenters. The normalized spacial score (nSPS) is 25.2. The van der Waals surface area contributed by atoms with Crippen molar-refractivity contribution in [3.63, 3.8) is 0 Å². The van der Waals surface area contributed by atoms with Crippen molar-refractivity contribution >= 4 is 16.2 Å². The Balaban J connectivity index is 3.00. The Morgan fingerprint density at radius 1 is 1.29 bits per heavy atom. The van der Waals surface area contributed by atoms with E-state index in [0.717, 1.165) is 10.7 Å². The molecule has 0 bridgehead atoms. The van der Waals surface area contributed by atoms with E-state index in [2.05, 4.69) is 0 Å². The van der Waals surface area contributed by atoms with Crippen molar-refractivity contribution in [2.45, 2.75) is 26.4 Å². The van der Waals surface area contributed by atoms with Crippen LogP contribution in [0.1, 0.15) is 20.3 Å². The number of hydrogen-bond acceptors (Lipinski definition) is 3. The van der Waals surface area contributed by atoms with Gasteiger partial charge in [0.05, 0.1) is 0 Å². The van der Waals surface area contributed by atoms with E-state index in [1.165, 1.54) is 0 Å². The Kier molecular flexibility index (Phi) is 5.62. The van der Waals surface area contributed by atoms with E-state index in [0.29, 0.717) is 0 Å². The van der Waals surface area contributed by atoms with Crippen LogP contribution in [0.3, 0.4) is 0 Å². The summed E-state index contributed by atoms with van der Waals surface area (Å²) < 4.78 is 62.9. The Labute approximate surface area is 121 Å². The lowest BCUT2D eigenvalue weighted by molar-refractivity contribution is -0.146. The highest BCUT2D eigenvalue weighted by Gasteiger charge is 2.41. The zero-order valence-corrected chi connectivity index (χ0v) is 12.6. The predicted molar refractivity (Wildman–Crippen MR) is 68.7 cm³/mol. The van der Waals surface area contributed by atoms with Crippen molar-refractivity contribution in [2.24, 2.45) is 11.8 Å². The van der Waals surface area contributed by atoms with Gasteiger partial charge in [-0.2, -0.15) is 30.2 Å². The van der Waals surface area contributed by atoms with Gasteiger partial charge in [-0.3, -0.25) is 4.79 Å². The van der Waals surface area contributed by atoms with E-state index in [9.17, 15) is 26.4 Å². The molecule has 10 heteroatoms. The summed E-state index contributed by atoms with van der Waals surface area (Å²) in [7, 11) is -4.45. The molecular formula is C11H19F3N2O4S. The fourth-order valence-electron chi connectivity index (χ4n) is 2.53. The third-order valence-electron chi connectivity index (χ3n) is 3.16. The minimum Gasteiger partial charge on any atom is -0.480 e. The van der Waals surface area contributed by atoms with Crippen molar-refractivity contribution in [1.29, 1.82) is 0 Å². The second kappa shape index (κ2) is 6.49. The van der Waals surface area contributed by atoms with Crippen molar-refractivity contribution in [3.05, 3.63) is 0 Å². The summed E-state index contributed by atoms with van der Waals surface area (Å²) in [6, 6.07) is 0. The fourth-order valence-corrected chi connectivity index (χ4v) is 4.32. The van der Waals surface area contributed by atoms with E-state index in [1.807, 2.05) is 13.8 Å². The third kappa shape index (κ3) is 5.44. The van der Waals surface area contributed by atoms with Gasteiger partial charge in [0.1, 0.15) is 13.1 Å². The molecule has 0 aromatic rings. The number of carboxylic acids is 1. The molecule has 0 aliphatic carbocycles. The lowest BCUT2D eigenvalue weighted by Crippen LogP contribution is -2.52. The first kappa shape index (κ1) is 18.2. The number of nitrogens with zero attached hydrogens (tertiary/aromatic N) is 2. The van der Waals surface area contributed by atoms with E-state index >= 15 is 0 Å². The molecular weight excluding hydrogens is 313 g/mol. The van der Waals surface area contributed by atoms with Gasteiger partial charge < -0.3 is 5.11 Å². The van der Waals surface area contributed by atoms with E-state index in [1.54, 1.807) is 0 Å². The van der Waals surface area contributed by atoms with Crippen LogP contribution in [0, 0.1) is 11.8 Å². The standard InChI is InChI=1S/C11H19F3N2O4S/c1-8-3-9(2)5-15(4-8)21(19,20)16(6-10(17)18)7-11(12,13)14/h8-9H,3-7H2,1-2H3,(H,17,18). The Morgan fingerprint density at radius 3 is 2.14 bits per heavy atom. The number of alkyl halides is 3. The number of hydrogen-bond donors (Lipinski definition) is 1. The van der Waals surface area contributed by atoms with Crippen LogP contribution in [0.2, 0.25) is 0 Å². The number of halogens is 3. The second-order valence-electron chi connectivity index (χ2n) is 5.55. The molecule has 0 spiro atoms. The van der Waals surface area contributed by atoms with E-state index in [4.69, 9.17) is 5.11 Å². The van der Waals surface area contributed by atoms with E-state index < -0.39 is 35.4 Å². The molecule has 1 aliphatic heterocycles. The Bertz CT molecular complexity index is 470. The van der Waals surface area contributed by atoms with Gasteiger partial charge in [0, 0.05) is 13.1 Å². The summed E-state index contributed by atoms with van der Waals surface area (Å²) in [6.45, 7) is 0.802. The molecule has 1 rings (SSSR count). The van der Waals surface area contributed by atoms with Crippen molar-refractivity contribution in [1.82, 2.24) is 8.61 Å².